The molecule has 1 saturated heterocycles. The number of hydrogen-bond acceptors (Lipinski definition) is 5. The molecule has 0 aliphatic carbocycles. The molecule has 7 heteroatoms. The molecule has 0 saturated carbocycles. The summed E-state index contributed by atoms with van der Waals surface area (Å²) < 4.78 is 7.45. The fourth-order valence-electron chi connectivity index (χ4n) is 3.29. The van der Waals surface area contributed by atoms with Crippen molar-refractivity contribution in [3.05, 3.63) is 54.4 Å². The highest BCUT2D eigenvalue weighted by molar-refractivity contribution is 5.78. The van der Waals surface area contributed by atoms with Gasteiger partial charge in [-0.25, -0.2) is 4.98 Å². The van der Waals surface area contributed by atoms with Gasteiger partial charge in [-0.2, -0.15) is 9.61 Å². The molecule has 140 valence electrons. The van der Waals surface area contributed by atoms with Crippen LogP contribution in [0.3, 0.4) is 0 Å². The van der Waals surface area contributed by atoms with Crippen LogP contribution >= 0.6 is 0 Å². The second-order valence-corrected chi connectivity index (χ2v) is 6.53. The molecule has 0 N–H and O–H groups in total. The largest absolute Gasteiger partial charge is 0.484 e. The first-order valence-electron chi connectivity index (χ1n) is 9.29. The predicted octanol–water partition coefficient (Wildman–Crippen LogP) is 2.02. The topological polar surface area (TPSA) is 63.0 Å². The van der Waals surface area contributed by atoms with E-state index in [2.05, 4.69) is 28.0 Å². The Bertz CT molecular complexity index is 917. The first-order chi connectivity index (χ1) is 13.2. The van der Waals surface area contributed by atoms with Crippen molar-refractivity contribution in [3.8, 4) is 5.75 Å². The quantitative estimate of drug-likeness (QED) is 0.692. The van der Waals surface area contributed by atoms with Crippen LogP contribution in [-0.4, -0.2) is 58.2 Å². The fraction of sp³-hybridized carbons (Fsp3) is 0.350. The zero-order chi connectivity index (χ0) is 18.6. The van der Waals surface area contributed by atoms with Gasteiger partial charge < -0.3 is 14.5 Å². The van der Waals surface area contributed by atoms with Crippen molar-refractivity contribution in [2.75, 3.05) is 37.7 Å². The molecular weight excluding hydrogens is 342 g/mol. The standard InChI is InChI=1S/C20H23N5O2/c1-2-16-14-19(25-18(22-16)8-9-21-25)23-10-12-24(13-11-23)20(26)15-27-17-6-4-3-5-7-17/h3-9,14H,2,10-13,15H2,1H3. The molecule has 0 bridgehead atoms. The maximum absolute atomic E-state index is 12.4. The van der Waals surface area contributed by atoms with Crippen LogP contribution in [0.25, 0.3) is 5.65 Å². The van der Waals surface area contributed by atoms with E-state index in [-0.39, 0.29) is 12.5 Å². The van der Waals surface area contributed by atoms with Crippen LogP contribution in [0.4, 0.5) is 5.82 Å². The van der Waals surface area contributed by atoms with Crippen LogP contribution in [0, 0.1) is 0 Å². The fourth-order valence-corrected chi connectivity index (χ4v) is 3.29. The number of rotatable bonds is 5. The Morgan fingerprint density at radius 1 is 1.11 bits per heavy atom. The number of anilines is 1. The highest BCUT2D eigenvalue weighted by atomic mass is 16.5. The molecule has 1 fully saturated rings. The number of amides is 1. The van der Waals surface area contributed by atoms with E-state index in [1.54, 1.807) is 6.20 Å². The number of carbonyl (C=O) groups excluding carboxylic acids is 1. The lowest BCUT2D eigenvalue weighted by Gasteiger charge is -2.36. The van der Waals surface area contributed by atoms with E-state index in [0.717, 1.165) is 42.4 Å². The summed E-state index contributed by atoms with van der Waals surface area (Å²) in [5.41, 5.74) is 1.91. The van der Waals surface area contributed by atoms with Crippen molar-refractivity contribution in [2.24, 2.45) is 0 Å². The average Bonchev–Trinajstić information content (AvgIpc) is 3.21. The molecule has 27 heavy (non-hydrogen) atoms. The molecule has 0 atom stereocenters. The number of carbonyl (C=O) groups is 1. The summed E-state index contributed by atoms with van der Waals surface area (Å²) in [5, 5.41) is 4.40. The van der Waals surface area contributed by atoms with Gasteiger partial charge >= 0.3 is 0 Å². The molecule has 4 rings (SSSR count). The second kappa shape index (κ2) is 7.65. The number of para-hydroxylation sites is 1. The number of hydrogen-bond donors (Lipinski definition) is 0. The van der Waals surface area contributed by atoms with E-state index in [1.807, 2.05) is 45.8 Å². The van der Waals surface area contributed by atoms with Gasteiger partial charge in [-0.3, -0.25) is 4.79 Å². The minimum atomic E-state index is 0.0201. The van der Waals surface area contributed by atoms with Crippen LogP contribution in [-0.2, 0) is 11.2 Å². The van der Waals surface area contributed by atoms with Crippen molar-refractivity contribution in [1.29, 1.82) is 0 Å². The maximum Gasteiger partial charge on any atom is 0.260 e. The van der Waals surface area contributed by atoms with E-state index in [9.17, 15) is 4.79 Å². The van der Waals surface area contributed by atoms with E-state index in [4.69, 9.17) is 4.74 Å². The molecule has 0 unspecified atom stereocenters. The summed E-state index contributed by atoms with van der Waals surface area (Å²) in [7, 11) is 0. The van der Waals surface area contributed by atoms with Gasteiger partial charge in [-0.1, -0.05) is 25.1 Å². The zero-order valence-electron chi connectivity index (χ0n) is 15.4. The molecule has 1 aliphatic heterocycles. The molecule has 0 radical (unpaired) electrons. The summed E-state index contributed by atoms with van der Waals surface area (Å²) in [4.78, 5) is 21.2. The smallest absolute Gasteiger partial charge is 0.260 e. The van der Waals surface area contributed by atoms with E-state index >= 15 is 0 Å². The number of ether oxygens (including phenoxy) is 1. The van der Waals surface area contributed by atoms with Crippen molar-refractivity contribution < 1.29 is 9.53 Å². The third-order valence-electron chi connectivity index (χ3n) is 4.82. The van der Waals surface area contributed by atoms with Crippen LogP contribution < -0.4 is 9.64 Å². The molecule has 7 nitrogen and oxygen atoms in total. The third-order valence-corrected chi connectivity index (χ3v) is 4.82. The molecule has 0 spiro atoms. The Morgan fingerprint density at radius 2 is 1.89 bits per heavy atom. The minimum Gasteiger partial charge on any atom is -0.484 e. The van der Waals surface area contributed by atoms with Crippen LogP contribution in [0.1, 0.15) is 12.6 Å². The number of aromatic nitrogens is 3. The summed E-state index contributed by atoms with van der Waals surface area (Å²) in [6, 6.07) is 13.4. The lowest BCUT2D eigenvalue weighted by atomic mass is 10.2. The van der Waals surface area contributed by atoms with Gasteiger partial charge in [-0.15, -0.1) is 0 Å². The Morgan fingerprint density at radius 3 is 2.63 bits per heavy atom. The normalized spacial score (nSPS) is 14.6. The van der Waals surface area contributed by atoms with E-state index in [0.29, 0.717) is 13.1 Å². The lowest BCUT2D eigenvalue weighted by Crippen LogP contribution is -2.50. The molecule has 1 amide bonds. The third kappa shape index (κ3) is 3.72. The Balaban J connectivity index is 1.39. The van der Waals surface area contributed by atoms with Crippen molar-refractivity contribution in [1.82, 2.24) is 19.5 Å². The highest BCUT2D eigenvalue weighted by Crippen LogP contribution is 2.19. The molecule has 3 aromatic rings. The number of benzene rings is 1. The number of nitrogens with zero attached hydrogens (tertiary/aromatic N) is 5. The Kier molecular flexibility index (Phi) is 4.91. The van der Waals surface area contributed by atoms with Crippen molar-refractivity contribution in [3.63, 3.8) is 0 Å². The van der Waals surface area contributed by atoms with Crippen LogP contribution in [0.2, 0.25) is 0 Å². The maximum atomic E-state index is 12.4. The molecular formula is C20H23N5O2. The molecule has 3 heterocycles. The van der Waals surface area contributed by atoms with Crippen molar-refractivity contribution in [2.45, 2.75) is 13.3 Å². The molecule has 2 aromatic heterocycles. The number of fused-ring (bicyclic) bond motifs is 1. The Hall–Kier alpha value is -3.09. The Labute approximate surface area is 158 Å². The summed E-state index contributed by atoms with van der Waals surface area (Å²) in [6.45, 7) is 5.04. The summed E-state index contributed by atoms with van der Waals surface area (Å²) >= 11 is 0. The molecule has 1 aliphatic rings. The van der Waals surface area contributed by atoms with Crippen LogP contribution in [0.15, 0.2) is 48.7 Å². The van der Waals surface area contributed by atoms with E-state index < -0.39 is 0 Å². The monoisotopic (exact) mass is 365 g/mol. The average molecular weight is 365 g/mol. The number of aryl methyl sites for hydroxylation is 1. The van der Waals surface area contributed by atoms with Gasteiger partial charge in [0.25, 0.3) is 5.91 Å². The van der Waals surface area contributed by atoms with Gasteiger partial charge in [0.05, 0.1) is 6.20 Å². The van der Waals surface area contributed by atoms with Gasteiger partial charge in [0.15, 0.2) is 12.3 Å². The predicted molar refractivity (Wildman–Crippen MR) is 103 cm³/mol. The van der Waals surface area contributed by atoms with E-state index in [1.165, 1.54) is 0 Å². The zero-order valence-corrected chi connectivity index (χ0v) is 15.4. The SMILES string of the molecule is CCc1cc(N2CCN(C(=O)COc3ccccc3)CC2)n2nccc2n1. The minimum absolute atomic E-state index is 0.0201. The highest BCUT2D eigenvalue weighted by Gasteiger charge is 2.23. The van der Waals surface area contributed by atoms with Gasteiger partial charge in [0, 0.05) is 44.0 Å². The lowest BCUT2D eigenvalue weighted by molar-refractivity contribution is -0.133. The second-order valence-electron chi connectivity index (χ2n) is 6.53. The van der Waals surface area contributed by atoms with Crippen molar-refractivity contribution >= 4 is 17.4 Å². The first kappa shape index (κ1) is 17.3. The molecule has 1 aromatic carbocycles. The van der Waals surface area contributed by atoms with Crippen LogP contribution in [0.5, 0.6) is 5.75 Å². The summed E-state index contributed by atoms with van der Waals surface area (Å²) in [6.07, 6.45) is 2.65. The van der Waals surface area contributed by atoms with Gasteiger partial charge in [-0.05, 0) is 18.6 Å². The number of piperazine rings is 1. The van der Waals surface area contributed by atoms with Gasteiger partial charge in [0.2, 0.25) is 0 Å². The summed E-state index contributed by atoms with van der Waals surface area (Å²) in [5.74, 6) is 1.77. The first-order valence-corrected chi connectivity index (χ1v) is 9.29. The van der Waals surface area contributed by atoms with Gasteiger partial charge in [0.1, 0.15) is 11.6 Å².